The molecule has 23 heavy (non-hydrogen) atoms. The number of unbranched alkanes of at least 4 members (excludes halogenated alkanes) is 1. The van der Waals surface area contributed by atoms with E-state index in [0.717, 1.165) is 19.4 Å². The monoisotopic (exact) mass is 322 g/mol. The quantitative estimate of drug-likeness (QED) is 0.903. The Bertz CT molecular complexity index is 535. The molecule has 3 amide bonds. The molecule has 0 spiro atoms. The Balaban J connectivity index is 1.78. The minimum atomic E-state index is -0.191. The van der Waals surface area contributed by atoms with Crippen molar-refractivity contribution in [1.82, 2.24) is 15.0 Å². The number of anilines is 1. The number of hydrogen-bond acceptors (Lipinski definition) is 4. The summed E-state index contributed by atoms with van der Waals surface area (Å²) in [5.74, 6) is 1.30. The average Bonchev–Trinajstić information content (AvgIpc) is 2.96. The average molecular weight is 322 g/mol. The van der Waals surface area contributed by atoms with Crippen LogP contribution >= 0.6 is 0 Å². The van der Waals surface area contributed by atoms with Crippen LogP contribution in [0.25, 0.3) is 0 Å². The van der Waals surface area contributed by atoms with Crippen molar-refractivity contribution in [1.29, 1.82) is 0 Å². The number of amides is 3. The molecule has 0 radical (unpaired) electrons. The van der Waals surface area contributed by atoms with Crippen LogP contribution in [-0.4, -0.2) is 53.6 Å². The number of nitrogens with zero attached hydrogens (tertiary/aromatic N) is 3. The molecule has 2 heterocycles. The van der Waals surface area contributed by atoms with Crippen LogP contribution < -0.4 is 5.32 Å². The van der Waals surface area contributed by atoms with Crippen LogP contribution in [0.2, 0.25) is 0 Å². The smallest absolute Gasteiger partial charge is 0.323 e. The molecule has 0 saturated carbocycles. The molecule has 7 nitrogen and oxygen atoms in total. The van der Waals surface area contributed by atoms with Crippen molar-refractivity contribution < 1.29 is 14.1 Å². The van der Waals surface area contributed by atoms with Gasteiger partial charge in [-0.15, -0.1) is 0 Å². The van der Waals surface area contributed by atoms with Crippen molar-refractivity contribution in [3.05, 3.63) is 11.8 Å². The maximum atomic E-state index is 12.4. The third-order valence-corrected chi connectivity index (χ3v) is 4.22. The van der Waals surface area contributed by atoms with Gasteiger partial charge in [-0.05, 0) is 26.2 Å². The molecule has 2 rings (SSSR count). The first-order chi connectivity index (χ1) is 11.0. The molecule has 0 atom stereocenters. The van der Waals surface area contributed by atoms with Crippen LogP contribution in [0.15, 0.2) is 10.6 Å². The minimum absolute atomic E-state index is 0.0233. The predicted octanol–water partition coefficient (Wildman–Crippen LogP) is 2.49. The van der Waals surface area contributed by atoms with Crippen molar-refractivity contribution in [3.63, 3.8) is 0 Å². The van der Waals surface area contributed by atoms with Crippen LogP contribution in [0.1, 0.15) is 38.4 Å². The van der Waals surface area contributed by atoms with Gasteiger partial charge in [0.25, 0.3) is 0 Å². The summed E-state index contributed by atoms with van der Waals surface area (Å²) >= 11 is 0. The maximum absolute atomic E-state index is 12.4. The fourth-order valence-corrected chi connectivity index (χ4v) is 2.76. The highest BCUT2D eigenvalue weighted by atomic mass is 16.5. The molecular weight excluding hydrogens is 296 g/mol. The van der Waals surface area contributed by atoms with Gasteiger partial charge in [-0.3, -0.25) is 10.1 Å². The summed E-state index contributed by atoms with van der Waals surface area (Å²) in [5, 5.41) is 6.47. The summed E-state index contributed by atoms with van der Waals surface area (Å²) in [5.41, 5.74) is 0. The molecule has 0 aromatic carbocycles. The van der Waals surface area contributed by atoms with Gasteiger partial charge in [0.1, 0.15) is 5.76 Å². The van der Waals surface area contributed by atoms with Crippen molar-refractivity contribution >= 4 is 17.8 Å². The fraction of sp³-hybridized carbons (Fsp3) is 0.688. The van der Waals surface area contributed by atoms with E-state index in [1.54, 1.807) is 17.9 Å². The van der Waals surface area contributed by atoms with Gasteiger partial charge >= 0.3 is 6.03 Å². The Hall–Kier alpha value is -2.05. The third kappa shape index (κ3) is 4.71. The van der Waals surface area contributed by atoms with E-state index in [1.807, 2.05) is 11.9 Å². The van der Waals surface area contributed by atoms with Crippen LogP contribution in [0, 0.1) is 12.8 Å². The van der Waals surface area contributed by atoms with Crippen LogP contribution in [0.4, 0.5) is 10.6 Å². The molecule has 1 aromatic heterocycles. The Labute approximate surface area is 137 Å². The highest BCUT2D eigenvalue weighted by Crippen LogP contribution is 2.20. The predicted molar refractivity (Wildman–Crippen MR) is 87.1 cm³/mol. The largest absolute Gasteiger partial charge is 0.360 e. The summed E-state index contributed by atoms with van der Waals surface area (Å²) in [6.07, 6.45) is 3.53. The van der Waals surface area contributed by atoms with Crippen LogP contribution in [0.5, 0.6) is 0 Å². The van der Waals surface area contributed by atoms with Gasteiger partial charge in [-0.1, -0.05) is 18.5 Å². The topological polar surface area (TPSA) is 78.7 Å². The van der Waals surface area contributed by atoms with E-state index >= 15 is 0 Å². The first-order valence-electron chi connectivity index (χ1n) is 8.25. The number of urea groups is 1. The molecule has 128 valence electrons. The molecule has 1 N–H and O–H groups in total. The van der Waals surface area contributed by atoms with Crippen molar-refractivity contribution in [2.24, 2.45) is 5.92 Å². The summed E-state index contributed by atoms with van der Waals surface area (Å²) in [6, 6.07) is 1.49. The Morgan fingerprint density at radius 2 is 2.13 bits per heavy atom. The number of likely N-dealkylation sites (tertiary alicyclic amines) is 1. The van der Waals surface area contributed by atoms with E-state index in [0.29, 0.717) is 37.5 Å². The zero-order chi connectivity index (χ0) is 16.8. The van der Waals surface area contributed by atoms with E-state index in [-0.39, 0.29) is 17.9 Å². The second kappa shape index (κ2) is 7.99. The molecule has 1 aliphatic heterocycles. The summed E-state index contributed by atoms with van der Waals surface area (Å²) in [7, 11) is 1.87. The van der Waals surface area contributed by atoms with Gasteiger partial charge in [0.05, 0.1) is 0 Å². The van der Waals surface area contributed by atoms with E-state index in [9.17, 15) is 9.59 Å². The van der Waals surface area contributed by atoms with Crippen molar-refractivity contribution in [2.75, 3.05) is 32.0 Å². The lowest BCUT2D eigenvalue weighted by Gasteiger charge is -2.33. The standard InChI is InChI=1S/C16H26N4O3/c1-4-5-8-19(3)15(21)13-6-9-20(10-7-13)16(22)17-14-11-12(2)23-18-14/h11,13H,4-10H2,1-3H3,(H,17,18,22). The molecule has 1 fully saturated rings. The SMILES string of the molecule is CCCCN(C)C(=O)C1CCN(C(=O)Nc2cc(C)on2)CC1. The lowest BCUT2D eigenvalue weighted by Crippen LogP contribution is -2.45. The van der Waals surface area contributed by atoms with Gasteiger partial charge in [0, 0.05) is 38.7 Å². The van der Waals surface area contributed by atoms with Crippen LogP contribution in [0.3, 0.4) is 0 Å². The Morgan fingerprint density at radius 3 is 2.70 bits per heavy atom. The Kier molecular flexibility index (Phi) is 6.01. The van der Waals surface area contributed by atoms with E-state index < -0.39 is 0 Å². The first kappa shape index (κ1) is 17.3. The lowest BCUT2D eigenvalue weighted by atomic mass is 9.95. The number of rotatable bonds is 5. The zero-order valence-corrected chi connectivity index (χ0v) is 14.2. The summed E-state index contributed by atoms with van der Waals surface area (Å²) in [6.45, 7) is 5.86. The molecule has 7 heteroatoms. The van der Waals surface area contributed by atoms with E-state index in [1.165, 1.54) is 0 Å². The van der Waals surface area contributed by atoms with Gasteiger partial charge in [-0.2, -0.15) is 0 Å². The van der Waals surface area contributed by atoms with Gasteiger partial charge in [-0.25, -0.2) is 4.79 Å². The third-order valence-electron chi connectivity index (χ3n) is 4.22. The summed E-state index contributed by atoms with van der Waals surface area (Å²) < 4.78 is 4.93. The minimum Gasteiger partial charge on any atom is -0.360 e. The van der Waals surface area contributed by atoms with Gasteiger partial charge in [0.2, 0.25) is 5.91 Å². The van der Waals surface area contributed by atoms with Crippen molar-refractivity contribution in [2.45, 2.75) is 39.5 Å². The molecule has 1 saturated heterocycles. The highest BCUT2D eigenvalue weighted by molar-refractivity contribution is 5.88. The number of carbonyl (C=O) groups is 2. The highest BCUT2D eigenvalue weighted by Gasteiger charge is 2.29. The second-order valence-corrected chi connectivity index (χ2v) is 6.13. The number of hydrogen-bond donors (Lipinski definition) is 1. The number of nitrogens with one attached hydrogen (secondary N) is 1. The second-order valence-electron chi connectivity index (χ2n) is 6.13. The number of piperidine rings is 1. The number of aryl methyl sites for hydroxylation is 1. The normalized spacial score (nSPS) is 15.5. The van der Waals surface area contributed by atoms with Gasteiger partial charge < -0.3 is 14.3 Å². The zero-order valence-electron chi connectivity index (χ0n) is 14.2. The lowest BCUT2D eigenvalue weighted by molar-refractivity contribution is -0.135. The fourth-order valence-electron chi connectivity index (χ4n) is 2.76. The Morgan fingerprint density at radius 1 is 1.43 bits per heavy atom. The number of carbonyl (C=O) groups excluding carboxylic acids is 2. The molecular formula is C16H26N4O3. The van der Waals surface area contributed by atoms with Crippen LogP contribution in [-0.2, 0) is 4.79 Å². The van der Waals surface area contributed by atoms with Gasteiger partial charge in [0.15, 0.2) is 5.82 Å². The maximum Gasteiger partial charge on any atom is 0.323 e. The van der Waals surface area contributed by atoms with E-state index in [4.69, 9.17) is 4.52 Å². The molecule has 1 aromatic rings. The molecule has 0 bridgehead atoms. The number of aromatic nitrogens is 1. The van der Waals surface area contributed by atoms with E-state index in [2.05, 4.69) is 17.4 Å². The molecule has 1 aliphatic rings. The first-order valence-corrected chi connectivity index (χ1v) is 8.25. The molecule has 0 aliphatic carbocycles. The molecule has 0 unspecified atom stereocenters. The van der Waals surface area contributed by atoms with Crippen molar-refractivity contribution in [3.8, 4) is 0 Å². The summed E-state index contributed by atoms with van der Waals surface area (Å²) in [4.78, 5) is 28.1.